The number of halogens is 1. The van der Waals surface area contributed by atoms with E-state index in [0.717, 1.165) is 22.6 Å². The predicted molar refractivity (Wildman–Crippen MR) is 83.8 cm³/mol. The Morgan fingerprint density at radius 1 is 1.30 bits per heavy atom. The van der Waals surface area contributed by atoms with E-state index in [9.17, 15) is 5.11 Å². The van der Waals surface area contributed by atoms with Crippen molar-refractivity contribution in [1.82, 2.24) is 0 Å². The summed E-state index contributed by atoms with van der Waals surface area (Å²) < 4.78 is 5.94. The lowest BCUT2D eigenvalue weighted by Gasteiger charge is -2.26. The highest BCUT2D eigenvalue weighted by molar-refractivity contribution is 8.93. The van der Waals surface area contributed by atoms with Crippen LogP contribution in [0.5, 0.6) is 5.75 Å². The zero-order valence-corrected chi connectivity index (χ0v) is 12.6. The summed E-state index contributed by atoms with van der Waals surface area (Å²) >= 11 is 0. The van der Waals surface area contributed by atoms with Crippen molar-refractivity contribution in [2.75, 3.05) is 0 Å². The van der Waals surface area contributed by atoms with Crippen LogP contribution in [0.25, 0.3) is 0 Å². The van der Waals surface area contributed by atoms with Crippen molar-refractivity contribution in [3.8, 4) is 5.75 Å². The van der Waals surface area contributed by atoms with Crippen molar-refractivity contribution in [3.63, 3.8) is 0 Å². The molecule has 1 aromatic rings. The lowest BCUT2D eigenvalue weighted by atomic mass is 9.74. The van der Waals surface area contributed by atoms with Crippen molar-refractivity contribution in [1.29, 1.82) is 0 Å². The number of rotatable bonds is 0. The number of aliphatic hydroxyl groups excluding tert-OH is 1. The summed E-state index contributed by atoms with van der Waals surface area (Å²) in [5.41, 5.74) is 2.99. The topological polar surface area (TPSA) is 41.8 Å². The molecule has 2 atom stereocenters. The zero-order valence-electron chi connectivity index (χ0n) is 10.9. The van der Waals surface area contributed by atoms with Gasteiger partial charge in [0.25, 0.3) is 0 Å². The molecular formula is C16H14BrNO2. The second kappa shape index (κ2) is 4.43. The van der Waals surface area contributed by atoms with Gasteiger partial charge in [0.15, 0.2) is 0 Å². The minimum atomic E-state index is -0.586. The summed E-state index contributed by atoms with van der Waals surface area (Å²) in [6.45, 7) is 2.07. The van der Waals surface area contributed by atoms with Gasteiger partial charge in [-0.15, -0.1) is 17.0 Å². The smallest absolute Gasteiger partial charge is 0.132 e. The molecular weight excluding hydrogens is 318 g/mol. The van der Waals surface area contributed by atoms with Gasteiger partial charge in [0.05, 0.1) is 11.5 Å². The highest BCUT2D eigenvalue weighted by Crippen LogP contribution is 2.51. The lowest BCUT2D eigenvalue weighted by Crippen LogP contribution is -2.26. The molecule has 0 radical (unpaired) electrons. The maximum absolute atomic E-state index is 9.76. The third kappa shape index (κ3) is 1.58. The average molecular weight is 332 g/mol. The van der Waals surface area contributed by atoms with E-state index in [1.54, 1.807) is 18.4 Å². The first-order valence-electron chi connectivity index (χ1n) is 6.33. The molecule has 0 fully saturated rings. The molecule has 1 spiro atoms. The van der Waals surface area contributed by atoms with Gasteiger partial charge < -0.3 is 9.84 Å². The van der Waals surface area contributed by atoms with Crippen LogP contribution in [-0.4, -0.2) is 17.4 Å². The fourth-order valence-corrected chi connectivity index (χ4v) is 3.01. The molecule has 2 unspecified atom stereocenters. The summed E-state index contributed by atoms with van der Waals surface area (Å²) in [5, 5.41) is 9.76. The third-order valence-electron chi connectivity index (χ3n) is 3.97. The van der Waals surface area contributed by atoms with Crippen LogP contribution in [-0.2, 0) is 5.41 Å². The highest BCUT2D eigenvalue weighted by atomic mass is 79.9. The van der Waals surface area contributed by atoms with E-state index in [-0.39, 0.29) is 17.0 Å². The molecule has 4 heteroatoms. The molecule has 1 aliphatic carbocycles. The maximum Gasteiger partial charge on any atom is 0.132 e. The van der Waals surface area contributed by atoms with Crippen LogP contribution in [0.1, 0.15) is 16.7 Å². The highest BCUT2D eigenvalue weighted by Gasteiger charge is 2.45. The molecule has 3 aliphatic rings. The first kappa shape index (κ1) is 13.3. The zero-order chi connectivity index (χ0) is 13.0. The number of nitrogens with zero attached hydrogens (tertiary/aromatic N) is 1. The number of aliphatic hydroxyl groups is 1. The Morgan fingerprint density at radius 2 is 2.15 bits per heavy atom. The lowest BCUT2D eigenvalue weighted by molar-refractivity contribution is 0.257. The Hall–Kier alpha value is -1.65. The summed E-state index contributed by atoms with van der Waals surface area (Å²) in [5.74, 6) is 1.62. The monoisotopic (exact) mass is 331 g/mol. The van der Waals surface area contributed by atoms with E-state index < -0.39 is 11.5 Å². The average Bonchev–Trinajstić information content (AvgIpc) is 2.58. The number of benzene rings is 1. The van der Waals surface area contributed by atoms with Crippen LogP contribution in [0.2, 0.25) is 0 Å². The Morgan fingerprint density at radius 3 is 3.00 bits per heavy atom. The van der Waals surface area contributed by atoms with Crippen LogP contribution in [0.4, 0.5) is 0 Å². The van der Waals surface area contributed by atoms with Crippen molar-refractivity contribution >= 4 is 23.2 Å². The first-order chi connectivity index (χ1) is 9.21. The second-order valence-electron chi connectivity index (χ2n) is 5.11. The largest absolute Gasteiger partial charge is 0.460 e. The standard InChI is InChI=1S/C16H13NO2.BrH/c1-10-2-3-13-15-12(10)9-17-7-6-16(15)5-4-11(18)8-14(16)19-13;/h2-9,11,18H,1H3;1H. The molecule has 102 valence electrons. The Kier molecular flexibility index (Phi) is 2.96. The summed E-state index contributed by atoms with van der Waals surface area (Å²) in [6.07, 6.45) is 10.7. The van der Waals surface area contributed by atoms with E-state index in [2.05, 4.69) is 11.9 Å². The van der Waals surface area contributed by atoms with Gasteiger partial charge in [0.2, 0.25) is 0 Å². The summed E-state index contributed by atoms with van der Waals surface area (Å²) in [6, 6.07) is 4.03. The first-order valence-corrected chi connectivity index (χ1v) is 6.33. The van der Waals surface area contributed by atoms with Gasteiger partial charge in [-0.05, 0) is 30.7 Å². The second-order valence-corrected chi connectivity index (χ2v) is 5.11. The molecule has 2 aliphatic heterocycles. The number of hydrogen-bond donors (Lipinski definition) is 1. The van der Waals surface area contributed by atoms with Gasteiger partial charge in [-0.3, -0.25) is 4.99 Å². The van der Waals surface area contributed by atoms with Crippen molar-refractivity contribution < 1.29 is 9.84 Å². The number of allylic oxidation sites excluding steroid dienone is 1. The molecule has 1 aromatic carbocycles. The number of aryl methyl sites for hydroxylation is 1. The number of ether oxygens (including phenoxy) is 1. The van der Waals surface area contributed by atoms with Crippen LogP contribution in [0, 0.1) is 6.92 Å². The maximum atomic E-state index is 9.76. The van der Waals surface area contributed by atoms with E-state index in [4.69, 9.17) is 4.74 Å². The molecule has 20 heavy (non-hydrogen) atoms. The molecule has 3 nitrogen and oxygen atoms in total. The van der Waals surface area contributed by atoms with Gasteiger partial charge in [-0.2, -0.15) is 0 Å². The SMILES string of the molecule is Br.Cc1ccc2c3c1C=NC=CC31C=CC(O)C=C1O2. The van der Waals surface area contributed by atoms with E-state index >= 15 is 0 Å². The van der Waals surface area contributed by atoms with Gasteiger partial charge in [0.1, 0.15) is 11.5 Å². The van der Waals surface area contributed by atoms with E-state index in [0.29, 0.717) is 0 Å². The van der Waals surface area contributed by atoms with Gasteiger partial charge in [0, 0.05) is 23.5 Å². The molecule has 0 bridgehead atoms. The van der Waals surface area contributed by atoms with Crippen LogP contribution in [0.15, 0.2) is 53.4 Å². The Labute approximate surface area is 127 Å². The molecule has 0 saturated heterocycles. The minimum absolute atomic E-state index is 0. The van der Waals surface area contributed by atoms with Gasteiger partial charge >= 0.3 is 0 Å². The summed E-state index contributed by atoms with van der Waals surface area (Å²) in [4.78, 5) is 4.32. The van der Waals surface area contributed by atoms with E-state index in [1.165, 1.54) is 5.56 Å². The van der Waals surface area contributed by atoms with Crippen molar-refractivity contribution in [3.05, 3.63) is 65.1 Å². The third-order valence-corrected chi connectivity index (χ3v) is 3.97. The molecule has 2 heterocycles. The number of hydrogen-bond acceptors (Lipinski definition) is 3. The number of aliphatic imine (C=N–C) groups is 1. The van der Waals surface area contributed by atoms with Crippen molar-refractivity contribution in [2.45, 2.75) is 18.4 Å². The molecule has 0 aromatic heterocycles. The molecule has 4 rings (SSSR count). The fourth-order valence-electron chi connectivity index (χ4n) is 3.01. The summed E-state index contributed by atoms with van der Waals surface area (Å²) in [7, 11) is 0. The van der Waals surface area contributed by atoms with Crippen LogP contribution >= 0.6 is 17.0 Å². The molecule has 0 saturated carbocycles. The predicted octanol–water partition coefficient (Wildman–Crippen LogP) is 2.96. The Balaban J connectivity index is 0.00000121. The fraction of sp³-hybridized carbons (Fsp3) is 0.188. The molecule has 1 N–H and O–H groups in total. The quantitative estimate of drug-likeness (QED) is 0.742. The van der Waals surface area contributed by atoms with E-state index in [1.807, 2.05) is 30.5 Å². The normalized spacial score (nSPS) is 27.9. The van der Waals surface area contributed by atoms with Gasteiger partial charge in [-0.1, -0.05) is 18.2 Å². The molecule has 0 amide bonds. The van der Waals surface area contributed by atoms with Gasteiger partial charge in [-0.25, -0.2) is 0 Å². The van der Waals surface area contributed by atoms with Crippen molar-refractivity contribution in [2.24, 2.45) is 4.99 Å². The van der Waals surface area contributed by atoms with Crippen LogP contribution in [0.3, 0.4) is 0 Å². The Bertz CT molecular complexity index is 703. The van der Waals surface area contributed by atoms with Crippen LogP contribution < -0.4 is 4.74 Å². The minimum Gasteiger partial charge on any atom is -0.460 e.